The summed E-state index contributed by atoms with van der Waals surface area (Å²) in [7, 11) is 0. The van der Waals surface area contributed by atoms with Crippen LogP contribution in [-0.4, -0.2) is 30.3 Å². The predicted octanol–water partition coefficient (Wildman–Crippen LogP) is 1.93. The van der Waals surface area contributed by atoms with Crippen molar-refractivity contribution >= 4 is 34.6 Å². The van der Waals surface area contributed by atoms with Gasteiger partial charge in [-0.15, -0.1) is 0 Å². The van der Waals surface area contributed by atoms with E-state index in [4.69, 9.17) is 4.74 Å². The molecule has 9 heteroatoms. The molecule has 23 heavy (non-hydrogen) atoms. The van der Waals surface area contributed by atoms with Gasteiger partial charge in [0.05, 0.1) is 12.3 Å². The number of hydrogen-bond donors (Lipinski definition) is 3. The number of imide groups is 1. The summed E-state index contributed by atoms with van der Waals surface area (Å²) >= 11 is 0.812. The number of carbonyl (C=O) groups is 3. The van der Waals surface area contributed by atoms with E-state index in [1.807, 2.05) is 0 Å². The SMILES string of the molecule is CCNC(=O)Nc1cc(F)cc2c1OCCC21SC(=O)NC1=O. The van der Waals surface area contributed by atoms with Crippen LogP contribution in [0.3, 0.4) is 0 Å². The monoisotopic (exact) mass is 339 g/mol. The van der Waals surface area contributed by atoms with E-state index in [-0.39, 0.29) is 30.0 Å². The van der Waals surface area contributed by atoms with Crippen LogP contribution >= 0.6 is 11.8 Å². The van der Waals surface area contributed by atoms with E-state index in [0.717, 1.165) is 17.8 Å². The highest BCUT2D eigenvalue weighted by Gasteiger charge is 2.53. The van der Waals surface area contributed by atoms with Crippen molar-refractivity contribution in [2.75, 3.05) is 18.5 Å². The minimum Gasteiger partial charge on any atom is -0.491 e. The fourth-order valence-corrected chi connectivity index (χ4v) is 3.72. The number of hydrogen-bond acceptors (Lipinski definition) is 5. The molecule has 3 rings (SSSR count). The number of anilines is 1. The molecule has 0 radical (unpaired) electrons. The van der Waals surface area contributed by atoms with Crippen molar-refractivity contribution in [1.29, 1.82) is 0 Å². The highest BCUT2D eigenvalue weighted by atomic mass is 32.2. The lowest BCUT2D eigenvalue weighted by molar-refractivity contribution is -0.122. The number of halogens is 1. The standard InChI is InChI=1S/C14H14FN3O4S/c1-2-16-12(20)17-9-6-7(15)5-8-10(9)22-4-3-14(8)11(19)18-13(21)23-14/h5-6H,2-4H2,1H3,(H2,16,17,20)(H,18,19,21). The van der Waals surface area contributed by atoms with Crippen molar-refractivity contribution in [2.45, 2.75) is 18.1 Å². The van der Waals surface area contributed by atoms with E-state index >= 15 is 0 Å². The number of rotatable bonds is 2. The van der Waals surface area contributed by atoms with Crippen LogP contribution < -0.4 is 20.7 Å². The molecule has 122 valence electrons. The number of ether oxygens (including phenoxy) is 1. The summed E-state index contributed by atoms with van der Waals surface area (Å²) in [4.78, 5) is 35.5. The molecule has 1 aromatic rings. The van der Waals surface area contributed by atoms with Gasteiger partial charge in [0.25, 0.3) is 5.24 Å². The molecule has 2 aliphatic rings. The normalized spacial score (nSPS) is 22.3. The Labute approximate surface area is 135 Å². The largest absolute Gasteiger partial charge is 0.491 e. The Kier molecular flexibility index (Phi) is 3.88. The zero-order chi connectivity index (χ0) is 16.6. The maximum atomic E-state index is 14.0. The second-order valence-electron chi connectivity index (χ2n) is 5.08. The maximum Gasteiger partial charge on any atom is 0.319 e. The number of amides is 4. The summed E-state index contributed by atoms with van der Waals surface area (Å²) in [6.45, 7) is 2.33. The summed E-state index contributed by atoms with van der Waals surface area (Å²) < 4.78 is 18.3. The minimum atomic E-state index is -1.22. The molecule has 0 aromatic heterocycles. The Balaban J connectivity index is 2.07. The first-order valence-electron chi connectivity index (χ1n) is 7.02. The smallest absolute Gasteiger partial charge is 0.319 e. The van der Waals surface area contributed by atoms with Crippen molar-refractivity contribution in [1.82, 2.24) is 10.6 Å². The van der Waals surface area contributed by atoms with Crippen LogP contribution in [0.25, 0.3) is 0 Å². The van der Waals surface area contributed by atoms with Gasteiger partial charge < -0.3 is 15.4 Å². The average molecular weight is 339 g/mol. The molecule has 1 saturated heterocycles. The summed E-state index contributed by atoms with van der Waals surface area (Å²) in [5.74, 6) is -0.916. The Hall–Kier alpha value is -2.29. The Morgan fingerprint density at radius 1 is 1.48 bits per heavy atom. The third-order valence-corrected chi connectivity index (χ3v) is 4.87. The Bertz CT molecular complexity index is 712. The van der Waals surface area contributed by atoms with Crippen LogP contribution in [0.2, 0.25) is 0 Å². The van der Waals surface area contributed by atoms with Crippen LogP contribution in [-0.2, 0) is 9.54 Å². The van der Waals surface area contributed by atoms with Crippen molar-refractivity contribution in [3.8, 4) is 5.75 Å². The minimum absolute atomic E-state index is 0.123. The number of urea groups is 1. The maximum absolute atomic E-state index is 14.0. The summed E-state index contributed by atoms with van der Waals surface area (Å²) in [5.41, 5.74) is 0.377. The molecular weight excluding hydrogens is 325 g/mol. The van der Waals surface area contributed by atoms with E-state index in [0.29, 0.717) is 6.54 Å². The first-order chi connectivity index (χ1) is 11.0. The molecule has 0 aliphatic carbocycles. The van der Waals surface area contributed by atoms with Crippen molar-refractivity contribution in [3.05, 3.63) is 23.5 Å². The fraction of sp³-hybridized carbons (Fsp3) is 0.357. The molecule has 1 spiro atoms. The van der Waals surface area contributed by atoms with Gasteiger partial charge in [0, 0.05) is 24.6 Å². The average Bonchev–Trinajstić information content (AvgIpc) is 2.75. The molecule has 1 unspecified atom stereocenters. The zero-order valence-corrected chi connectivity index (χ0v) is 13.0. The van der Waals surface area contributed by atoms with Gasteiger partial charge in [-0.25, -0.2) is 9.18 Å². The first-order valence-corrected chi connectivity index (χ1v) is 7.84. The lowest BCUT2D eigenvalue weighted by Gasteiger charge is -2.32. The van der Waals surface area contributed by atoms with Crippen LogP contribution in [0.4, 0.5) is 19.7 Å². The quantitative estimate of drug-likeness (QED) is 0.765. The molecule has 2 aliphatic heterocycles. The molecule has 4 amide bonds. The van der Waals surface area contributed by atoms with Crippen molar-refractivity contribution < 1.29 is 23.5 Å². The Morgan fingerprint density at radius 3 is 2.91 bits per heavy atom. The summed E-state index contributed by atoms with van der Waals surface area (Å²) in [6, 6.07) is 1.78. The van der Waals surface area contributed by atoms with Crippen LogP contribution in [0.5, 0.6) is 5.75 Å². The van der Waals surface area contributed by atoms with Crippen LogP contribution in [0.1, 0.15) is 18.9 Å². The van der Waals surface area contributed by atoms with Crippen molar-refractivity contribution in [3.63, 3.8) is 0 Å². The lowest BCUT2D eigenvalue weighted by atomic mass is 9.90. The van der Waals surface area contributed by atoms with Crippen LogP contribution in [0.15, 0.2) is 12.1 Å². The van der Waals surface area contributed by atoms with Gasteiger partial charge in [0.2, 0.25) is 5.91 Å². The van der Waals surface area contributed by atoms with Gasteiger partial charge in [0.15, 0.2) is 0 Å². The van der Waals surface area contributed by atoms with Gasteiger partial charge >= 0.3 is 6.03 Å². The van der Waals surface area contributed by atoms with E-state index in [1.165, 1.54) is 6.07 Å². The lowest BCUT2D eigenvalue weighted by Crippen LogP contribution is -2.39. The highest BCUT2D eigenvalue weighted by molar-refractivity contribution is 8.15. The fourth-order valence-electron chi connectivity index (χ4n) is 2.67. The molecule has 3 N–H and O–H groups in total. The molecular formula is C14H14FN3O4S. The van der Waals surface area contributed by atoms with Crippen molar-refractivity contribution in [2.24, 2.45) is 0 Å². The topological polar surface area (TPSA) is 96.5 Å². The number of nitrogens with one attached hydrogen (secondary N) is 3. The first kappa shape index (κ1) is 15.6. The highest BCUT2D eigenvalue weighted by Crippen LogP contribution is 2.52. The molecule has 2 heterocycles. The van der Waals surface area contributed by atoms with E-state index in [9.17, 15) is 18.8 Å². The van der Waals surface area contributed by atoms with Gasteiger partial charge in [-0.3, -0.25) is 14.9 Å². The van der Waals surface area contributed by atoms with Gasteiger partial charge in [-0.1, -0.05) is 0 Å². The predicted molar refractivity (Wildman–Crippen MR) is 82.0 cm³/mol. The number of fused-ring (bicyclic) bond motifs is 2. The number of thioether (sulfide) groups is 1. The van der Waals surface area contributed by atoms with E-state index in [1.54, 1.807) is 6.92 Å². The third kappa shape index (κ3) is 2.61. The molecule has 1 fully saturated rings. The second-order valence-corrected chi connectivity index (χ2v) is 6.36. The summed E-state index contributed by atoms with van der Waals surface area (Å²) in [5, 5.41) is 6.78. The Morgan fingerprint density at radius 2 is 2.26 bits per heavy atom. The van der Waals surface area contributed by atoms with Gasteiger partial charge in [0.1, 0.15) is 16.3 Å². The summed E-state index contributed by atoms with van der Waals surface area (Å²) in [6.07, 6.45) is 0.242. The molecule has 1 aromatic carbocycles. The van der Waals surface area contributed by atoms with Crippen LogP contribution in [0, 0.1) is 5.82 Å². The molecule has 0 saturated carbocycles. The van der Waals surface area contributed by atoms with E-state index < -0.39 is 27.7 Å². The molecule has 0 bridgehead atoms. The third-order valence-electron chi connectivity index (χ3n) is 3.62. The molecule has 1 atom stereocenters. The van der Waals surface area contributed by atoms with Gasteiger partial charge in [-0.05, 0) is 24.8 Å². The zero-order valence-electron chi connectivity index (χ0n) is 12.2. The second kappa shape index (κ2) is 5.73. The number of carbonyl (C=O) groups excluding carboxylic acids is 3. The van der Waals surface area contributed by atoms with Gasteiger partial charge in [-0.2, -0.15) is 0 Å². The molecule has 7 nitrogen and oxygen atoms in total. The van der Waals surface area contributed by atoms with E-state index in [2.05, 4.69) is 16.0 Å². The number of benzene rings is 1.